The minimum absolute atomic E-state index is 0.0584. The number of hydrogen-bond acceptors (Lipinski definition) is 3. The van der Waals surface area contributed by atoms with Crippen LogP contribution in [0.4, 0.5) is 0 Å². The van der Waals surface area contributed by atoms with Crippen molar-refractivity contribution in [3.05, 3.63) is 64.2 Å². The van der Waals surface area contributed by atoms with Gasteiger partial charge in [0.05, 0.1) is 4.90 Å². The molecule has 2 aromatic rings. The highest BCUT2D eigenvalue weighted by atomic mass is 35.5. The Morgan fingerprint density at radius 3 is 2.48 bits per heavy atom. The van der Waals surface area contributed by atoms with E-state index in [0.717, 1.165) is 5.56 Å². The lowest BCUT2D eigenvalue weighted by molar-refractivity contribution is 0.0764. The molecule has 144 valence electrons. The zero-order valence-corrected chi connectivity index (χ0v) is 17.1. The molecule has 0 spiro atoms. The quantitative estimate of drug-likeness (QED) is 0.783. The Morgan fingerprint density at radius 2 is 1.74 bits per heavy atom. The molecule has 5 nitrogen and oxygen atoms in total. The first-order valence-electron chi connectivity index (χ1n) is 8.92. The van der Waals surface area contributed by atoms with Gasteiger partial charge in [-0.1, -0.05) is 35.4 Å². The molecule has 0 aliphatic carbocycles. The second-order valence-corrected chi connectivity index (χ2v) is 9.10. The van der Waals surface area contributed by atoms with Crippen LogP contribution in [0.2, 0.25) is 5.02 Å². The second-order valence-electron chi connectivity index (χ2n) is 6.78. The third-order valence-corrected chi connectivity index (χ3v) is 7.30. The summed E-state index contributed by atoms with van der Waals surface area (Å²) < 4.78 is 27.6. The van der Waals surface area contributed by atoms with Gasteiger partial charge in [0, 0.05) is 36.8 Å². The third kappa shape index (κ3) is 4.18. The van der Waals surface area contributed by atoms with Crippen LogP contribution in [0.5, 0.6) is 0 Å². The van der Waals surface area contributed by atoms with E-state index in [1.54, 1.807) is 36.1 Å². The SMILES string of the molecule is Cc1cccc(C(=O)N2CCCN(S(=O)(=O)c3cccc(Cl)c3C)CC2)c1. The highest BCUT2D eigenvalue weighted by Gasteiger charge is 2.30. The van der Waals surface area contributed by atoms with E-state index in [4.69, 9.17) is 11.6 Å². The number of carbonyl (C=O) groups excluding carboxylic acids is 1. The maximum Gasteiger partial charge on any atom is 0.253 e. The van der Waals surface area contributed by atoms with E-state index in [1.807, 2.05) is 25.1 Å². The van der Waals surface area contributed by atoms with Crippen molar-refractivity contribution in [3.63, 3.8) is 0 Å². The molecule has 7 heteroatoms. The van der Waals surface area contributed by atoms with Gasteiger partial charge in [-0.3, -0.25) is 4.79 Å². The molecule has 1 heterocycles. The van der Waals surface area contributed by atoms with Crippen LogP contribution in [0.3, 0.4) is 0 Å². The van der Waals surface area contributed by atoms with Gasteiger partial charge < -0.3 is 4.90 Å². The predicted molar refractivity (Wildman–Crippen MR) is 107 cm³/mol. The molecule has 2 aromatic carbocycles. The van der Waals surface area contributed by atoms with Crippen molar-refractivity contribution in [2.45, 2.75) is 25.2 Å². The van der Waals surface area contributed by atoms with Crippen LogP contribution in [-0.2, 0) is 10.0 Å². The van der Waals surface area contributed by atoms with Crippen LogP contribution in [-0.4, -0.2) is 49.7 Å². The average Bonchev–Trinajstić information content (AvgIpc) is 2.90. The van der Waals surface area contributed by atoms with Crippen molar-refractivity contribution in [1.82, 2.24) is 9.21 Å². The highest BCUT2D eigenvalue weighted by Crippen LogP contribution is 2.26. The molecule has 0 N–H and O–H groups in total. The Bertz CT molecular complexity index is 959. The first-order chi connectivity index (χ1) is 12.8. The predicted octanol–water partition coefficient (Wildman–Crippen LogP) is 3.49. The van der Waals surface area contributed by atoms with Crippen molar-refractivity contribution in [2.75, 3.05) is 26.2 Å². The lowest BCUT2D eigenvalue weighted by Crippen LogP contribution is -2.37. The molecule has 27 heavy (non-hydrogen) atoms. The number of nitrogens with zero attached hydrogens (tertiary/aromatic N) is 2. The zero-order chi connectivity index (χ0) is 19.6. The summed E-state index contributed by atoms with van der Waals surface area (Å²) in [6, 6.07) is 12.4. The summed E-state index contributed by atoms with van der Waals surface area (Å²) in [6.45, 7) is 5.21. The number of benzene rings is 2. The number of carbonyl (C=O) groups is 1. The summed E-state index contributed by atoms with van der Waals surface area (Å²) in [5.74, 6) is -0.0584. The monoisotopic (exact) mass is 406 g/mol. The highest BCUT2D eigenvalue weighted by molar-refractivity contribution is 7.89. The maximum atomic E-state index is 13.1. The van der Waals surface area contributed by atoms with E-state index in [1.165, 1.54) is 4.31 Å². The summed E-state index contributed by atoms with van der Waals surface area (Å²) >= 11 is 6.10. The van der Waals surface area contributed by atoms with Gasteiger partial charge in [0.2, 0.25) is 10.0 Å². The van der Waals surface area contributed by atoms with Crippen LogP contribution in [0.25, 0.3) is 0 Å². The molecule has 1 amide bonds. The van der Waals surface area contributed by atoms with Gasteiger partial charge in [-0.25, -0.2) is 8.42 Å². The molecule has 0 saturated carbocycles. The summed E-state index contributed by atoms with van der Waals surface area (Å²) in [6.07, 6.45) is 0.594. The van der Waals surface area contributed by atoms with E-state index in [0.29, 0.717) is 42.2 Å². The molecule has 0 unspecified atom stereocenters. The molecule has 1 aliphatic heterocycles. The summed E-state index contributed by atoms with van der Waals surface area (Å²) in [5.41, 5.74) is 2.21. The minimum atomic E-state index is -3.65. The summed E-state index contributed by atoms with van der Waals surface area (Å²) in [4.78, 5) is 14.7. The van der Waals surface area contributed by atoms with Crippen molar-refractivity contribution in [3.8, 4) is 0 Å². The molecule has 0 bridgehead atoms. The number of hydrogen-bond donors (Lipinski definition) is 0. The summed E-state index contributed by atoms with van der Waals surface area (Å²) in [5, 5.41) is 0.433. The van der Waals surface area contributed by atoms with E-state index in [2.05, 4.69) is 0 Å². The standard InChI is InChI=1S/C20H23ClN2O3S/c1-15-6-3-7-17(14-15)20(24)22-10-5-11-23(13-12-22)27(25,26)19-9-4-8-18(21)16(19)2/h3-4,6-9,14H,5,10-13H2,1-2H3. The zero-order valence-electron chi connectivity index (χ0n) is 15.5. The van der Waals surface area contributed by atoms with E-state index < -0.39 is 10.0 Å². The van der Waals surface area contributed by atoms with Gasteiger partial charge in [-0.05, 0) is 50.1 Å². The molecule has 1 aliphatic rings. The number of amides is 1. The van der Waals surface area contributed by atoms with Gasteiger partial charge in [0.25, 0.3) is 5.91 Å². The fourth-order valence-corrected chi connectivity index (χ4v) is 5.25. The first-order valence-corrected chi connectivity index (χ1v) is 10.7. The number of rotatable bonds is 3. The largest absolute Gasteiger partial charge is 0.337 e. The van der Waals surface area contributed by atoms with Crippen LogP contribution >= 0.6 is 11.6 Å². The van der Waals surface area contributed by atoms with Crippen molar-refractivity contribution >= 4 is 27.5 Å². The lowest BCUT2D eigenvalue weighted by atomic mass is 10.1. The van der Waals surface area contributed by atoms with Crippen molar-refractivity contribution in [2.24, 2.45) is 0 Å². The minimum Gasteiger partial charge on any atom is -0.337 e. The molecule has 1 fully saturated rings. The van der Waals surface area contributed by atoms with E-state index in [-0.39, 0.29) is 17.3 Å². The lowest BCUT2D eigenvalue weighted by Gasteiger charge is -2.23. The number of aryl methyl sites for hydroxylation is 1. The van der Waals surface area contributed by atoms with E-state index >= 15 is 0 Å². The van der Waals surface area contributed by atoms with Gasteiger partial charge in [0.15, 0.2) is 0 Å². The second kappa shape index (κ2) is 8.00. The van der Waals surface area contributed by atoms with Gasteiger partial charge in [-0.2, -0.15) is 4.31 Å². The normalized spacial score (nSPS) is 16.2. The van der Waals surface area contributed by atoms with E-state index in [9.17, 15) is 13.2 Å². The Balaban J connectivity index is 1.78. The molecule has 0 radical (unpaired) electrons. The number of sulfonamides is 1. The Hall–Kier alpha value is -1.89. The number of halogens is 1. The fraction of sp³-hybridized carbons (Fsp3) is 0.350. The topological polar surface area (TPSA) is 57.7 Å². The smallest absolute Gasteiger partial charge is 0.253 e. The van der Waals surface area contributed by atoms with Gasteiger partial charge in [-0.15, -0.1) is 0 Å². The fourth-order valence-electron chi connectivity index (χ4n) is 3.30. The summed E-state index contributed by atoms with van der Waals surface area (Å²) in [7, 11) is -3.65. The Kier molecular flexibility index (Phi) is 5.89. The molecule has 1 saturated heterocycles. The van der Waals surface area contributed by atoms with Crippen LogP contribution in [0, 0.1) is 13.8 Å². The van der Waals surface area contributed by atoms with Gasteiger partial charge >= 0.3 is 0 Å². The Labute approximate surface area is 165 Å². The maximum absolute atomic E-state index is 13.1. The Morgan fingerprint density at radius 1 is 1.00 bits per heavy atom. The van der Waals surface area contributed by atoms with Gasteiger partial charge in [0.1, 0.15) is 0 Å². The molecule has 3 rings (SSSR count). The van der Waals surface area contributed by atoms with Crippen molar-refractivity contribution < 1.29 is 13.2 Å². The first kappa shape index (κ1) is 19.9. The molecular formula is C20H23ClN2O3S. The molecular weight excluding hydrogens is 384 g/mol. The molecule has 0 aromatic heterocycles. The van der Waals surface area contributed by atoms with Crippen LogP contribution < -0.4 is 0 Å². The van der Waals surface area contributed by atoms with Crippen molar-refractivity contribution in [1.29, 1.82) is 0 Å². The van der Waals surface area contributed by atoms with Crippen LogP contribution in [0.1, 0.15) is 27.9 Å². The third-order valence-electron chi connectivity index (χ3n) is 4.84. The average molecular weight is 407 g/mol. The van der Waals surface area contributed by atoms with Crippen LogP contribution in [0.15, 0.2) is 47.4 Å². The molecule has 0 atom stereocenters.